The highest BCUT2D eigenvalue weighted by atomic mass is 32.2. The van der Waals surface area contributed by atoms with Crippen LogP contribution in [0.4, 0.5) is 18.9 Å². The van der Waals surface area contributed by atoms with Crippen molar-refractivity contribution in [3.8, 4) is 5.88 Å². The van der Waals surface area contributed by atoms with E-state index in [4.69, 9.17) is 4.84 Å². The number of nitrogens with zero attached hydrogens (tertiary/aromatic N) is 1. The van der Waals surface area contributed by atoms with E-state index in [1.54, 1.807) is 25.5 Å². The Morgan fingerprint density at radius 2 is 1.79 bits per heavy atom. The van der Waals surface area contributed by atoms with Gasteiger partial charge in [0.2, 0.25) is 15.9 Å². The predicted molar refractivity (Wildman–Crippen MR) is 98.1 cm³/mol. The van der Waals surface area contributed by atoms with Gasteiger partial charge in [-0.3, -0.25) is 9.52 Å². The van der Waals surface area contributed by atoms with E-state index in [-0.39, 0.29) is 22.2 Å². The van der Waals surface area contributed by atoms with Gasteiger partial charge in [-0.05, 0) is 45.9 Å². The number of Topliss-reactive ketones (excluding diaryl/α,β-unsaturated/α-hetero) is 1. The molecule has 0 amide bonds. The van der Waals surface area contributed by atoms with Crippen LogP contribution >= 0.6 is 0 Å². The van der Waals surface area contributed by atoms with Crippen molar-refractivity contribution in [2.75, 3.05) is 10.5 Å². The molecule has 0 atom stereocenters. The molecule has 1 aromatic carbocycles. The molecule has 0 unspecified atom stereocenters. The van der Waals surface area contributed by atoms with Gasteiger partial charge in [0.05, 0.1) is 22.2 Å². The van der Waals surface area contributed by atoms with Gasteiger partial charge in [-0.1, -0.05) is 0 Å². The Hall–Kier alpha value is -2.76. The van der Waals surface area contributed by atoms with Crippen LogP contribution in [0.25, 0.3) is 10.9 Å². The number of rotatable bonds is 5. The number of hydrogen-bond acceptors (Lipinski definition) is 6. The molecule has 160 valence electrons. The second kappa shape index (κ2) is 7.25. The minimum Gasteiger partial charge on any atom is -0.492 e. The number of carbonyl (C=O) groups is 2. The molecule has 12 heteroatoms. The Balaban J connectivity index is 2.58. The lowest BCUT2D eigenvalue weighted by atomic mass is 9.98. The molecule has 0 radical (unpaired) electrons. The third kappa shape index (κ3) is 5.19. The van der Waals surface area contributed by atoms with Crippen molar-refractivity contribution in [3.05, 3.63) is 23.8 Å². The fraction of sp³-hybridized carbons (Fsp3) is 0.412. The number of hydrogen-bond donors (Lipinski definition) is 2. The topological polar surface area (TPSA) is 115 Å². The van der Waals surface area contributed by atoms with E-state index in [1.165, 1.54) is 6.07 Å². The predicted octanol–water partition coefficient (Wildman–Crippen LogP) is 2.85. The summed E-state index contributed by atoms with van der Waals surface area (Å²) in [7, 11) is -4.76. The van der Waals surface area contributed by atoms with Crippen LogP contribution in [-0.4, -0.2) is 41.9 Å². The van der Waals surface area contributed by atoms with Crippen LogP contribution in [0.3, 0.4) is 0 Å². The molecular weight excluding hydrogens is 417 g/mol. The quantitative estimate of drug-likeness (QED) is 0.697. The summed E-state index contributed by atoms with van der Waals surface area (Å²) in [4.78, 5) is 29.2. The molecule has 0 aliphatic heterocycles. The third-order valence-corrected chi connectivity index (χ3v) is 4.92. The van der Waals surface area contributed by atoms with Gasteiger partial charge in [0, 0.05) is 5.39 Å². The van der Waals surface area contributed by atoms with Gasteiger partial charge in [0.15, 0.2) is 11.5 Å². The zero-order chi connectivity index (χ0) is 22.4. The Morgan fingerprint density at radius 1 is 1.21 bits per heavy atom. The van der Waals surface area contributed by atoms with E-state index < -0.39 is 45.0 Å². The Bertz CT molecular complexity index is 1080. The summed E-state index contributed by atoms with van der Waals surface area (Å²) in [5.74, 6) is -4.13. The van der Waals surface area contributed by atoms with Gasteiger partial charge >= 0.3 is 12.1 Å². The Kier molecular flexibility index (Phi) is 5.63. The van der Waals surface area contributed by atoms with Crippen LogP contribution < -0.4 is 9.56 Å². The lowest BCUT2D eigenvalue weighted by Gasteiger charge is -2.17. The van der Waals surface area contributed by atoms with Crippen LogP contribution in [0.1, 0.15) is 38.1 Å². The minimum atomic E-state index is -4.95. The van der Waals surface area contributed by atoms with Gasteiger partial charge in [0.1, 0.15) is 0 Å². The molecule has 0 aliphatic carbocycles. The summed E-state index contributed by atoms with van der Waals surface area (Å²) >= 11 is 0. The van der Waals surface area contributed by atoms with E-state index >= 15 is 0 Å². The van der Waals surface area contributed by atoms with Crippen molar-refractivity contribution < 1.29 is 41.1 Å². The Morgan fingerprint density at radius 3 is 2.28 bits per heavy atom. The zero-order valence-electron chi connectivity index (χ0n) is 15.9. The molecule has 29 heavy (non-hydrogen) atoms. The van der Waals surface area contributed by atoms with Gasteiger partial charge in [-0.15, -0.1) is 4.73 Å². The number of ketones is 1. The molecule has 1 aromatic heterocycles. The van der Waals surface area contributed by atoms with E-state index in [1.807, 2.05) is 0 Å². The standard InChI is InChI=1S/C17H19F3N2O6S/c1-9(23)13-11-6-5-10(21-29(26,27)8-17(18,19)20)7-12(11)22(14(13)24)28-15(25)16(2,3)4/h5-7,21,24H,8H2,1-4H3. The highest BCUT2D eigenvalue weighted by molar-refractivity contribution is 7.92. The SMILES string of the molecule is CC(=O)c1c(O)n(OC(=O)C(C)(C)C)c2cc(NS(=O)(=O)CC(F)(F)F)ccc12. The first-order valence-electron chi connectivity index (χ1n) is 8.20. The first kappa shape index (κ1) is 22.5. The summed E-state index contributed by atoms with van der Waals surface area (Å²) < 4.78 is 63.1. The molecule has 0 fully saturated rings. The van der Waals surface area contributed by atoms with Crippen molar-refractivity contribution in [2.45, 2.75) is 33.9 Å². The maximum absolute atomic E-state index is 12.4. The fourth-order valence-corrected chi connectivity index (χ4v) is 3.39. The molecule has 0 bridgehead atoms. The molecule has 0 saturated heterocycles. The second-order valence-corrected chi connectivity index (χ2v) is 9.11. The summed E-state index contributed by atoms with van der Waals surface area (Å²) in [5, 5.41) is 10.5. The zero-order valence-corrected chi connectivity index (χ0v) is 16.7. The van der Waals surface area contributed by atoms with Gasteiger partial charge in [0.25, 0.3) is 0 Å². The van der Waals surface area contributed by atoms with Crippen molar-refractivity contribution in [1.29, 1.82) is 0 Å². The van der Waals surface area contributed by atoms with E-state index in [0.717, 1.165) is 19.1 Å². The number of halogens is 3. The number of nitrogens with one attached hydrogen (secondary N) is 1. The molecule has 0 saturated carbocycles. The highest BCUT2D eigenvalue weighted by Gasteiger charge is 2.35. The smallest absolute Gasteiger partial charge is 0.404 e. The molecule has 2 N–H and O–H groups in total. The van der Waals surface area contributed by atoms with Crippen molar-refractivity contribution in [2.24, 2.45) is 5.41 Å². The molecule has 0 spiro atoms. The van der Waals surface area contributed by atoms with E-state index in [2.05, 4.69) is 0 Å². The van der Waals surface area contributed by atoms with E-state index in [9.17, 15) is 36.3 Å². The highest BCUT2D eigenvalue weighted by Crippen LogP contribution is 2.33. The van der Waals surface area contributed by atoms with Crippen LogP contribution in [0, 0.1) is 5.41 Å². The monoisotopic (exact) mass is 436 g/mol. The lowest BCUT2D eigenvalue weighted by molar-refractivity contribution is -0.153. The first-order valence-corrected chi connectivity index (χ1v) is 9.85. The normalized spacial score (nSPS) is 12.8. The average Bonchev–Trinajstić information content (AvgIpc) is 2.75. The van der Waals surface area contributed by atoms with E-state index in [0.29, 0.717) is 4.73 Å². The molecule has 1 heterocycles. The number of fused-ring (bicyclic) bond motifs is 1. The van der Waals surface area contributed by atoms with Crippen LogP contribution in [0.15, 0.2) is 18.2 Å². The maximum Gasteiger partial charge on any atom is 0.404 e. The number of alkyl halides is 3. The number of aromatic nitrogens is 1. The van der Waals surface area contributed by atoms with Gasteiger partial charge in [-0.2, -0.15) is 13.2 Å². The molecular formula is C17H19F3N2O6S. The second-order valence-electron chi connectivity index (χ2n) is 7.39. The number of sulfonamides is 1. The van der Waals surface area contributed by atoms with Gasteiger partial charge < -0.3 is 9.94 Å². The summed E-state index contributed by atoms with van der Waals surface area (Å²) in [6.45, 7) is 5.78. The first-order chi connectivity index (χ1) is 13.0. The molecule has 0 aliphatic rings. The summed E-state index contributed by atoms with van der Waals surface area (Å²) in [6.07, 6.45) is -4.95. The average molecular weight is 436 g/mol. The largest absolute Gasteiger partial charge is 0.492 e. The van der Waals surface area contributed by atoms with Crippen molar-refractivity contribution in [1.82, 2.24) is 4.73 Å². The maximum atomic E-state index is 12.4. The summed E-state index contributed by atoms with van der Waals surface area (Å²) in [6, 6.07) is 3.39. The molecule has 2 aromatic rings. The summed E-state index contributed by atoms with van der Waals surface area (Å²) in [5.41, 5.74) is -1.53. The lowest BCUT2D eigenvalue weighted by Crippen LogP contribution is -2.31. The number of aromatic hydroxyl groups is 1. The van der Waals surface area contributed by atoms with Gasteiger partial charge in [-0.25, -0.2) is 13.2 Å². The number of anilines is 1. The fourth-order valence-electron chi connectivity index (χ4n) is 2.40. The Labute approximate surface area is 164 Å². The minimum absolute atomic E-state index is 0.0856. The molecule has 2 rings (SSSR count). The number of benzene rings is 1. The van der Waals surface area contributed by atoms with Crippen LogP contribution in [-0.2, 0) is 14.8 Å². The number of carbonyl (C=O) groups excluding carboxylic acids is 2. The molecule has 8 nitrogen and oxygen atoms in total. The third-order valence-electron chi connectivity index (χ3n) is 3.67. The van der Waals surface area contributed by atoms with Crippen LogP contribution in [0.2, 0.25) is 0 Å². The van der Waals surface area contributed by atoms with Crippen LogP contribution in [0.5, 0.6) is 5.88 Å². The van der Waals surface area contributed by atoms with Crippen molar-refractivity contribution >= 4 is 38.4 Å². The van der Waals surface area contributed by atoms with Crippen molar-refractivity contribution in [3.63, 3.8) is 0 Å².